The molecule has 2 aromatic rings. The Morgan fingerprint density at radius 3 is 2.24 bits per heavy atom. The van der Waals surface area contributed by atoms with E-state index in [2.05, 4.69) is 4.40 Å². The second kappa shape index (κ2) is 9.97. The summed E-state index contributed by atoms with van der Waals surface area (Å²) in [7, 11) is 1.53. The molecule has 1 aliphatic heterocycles. The van der Waals surface area contributed by atoms with E-state index in [1.807, 2.05) is 59.7 Å². The molecule has 3 rings (SSSR count). The molecule has 9 heteroatoms. The van der Waals surface area contributed by atoms with Gasteiger partial charge >= 0.3 is 6.09 Å². The third-order valence-electron chi connectivity index (χ3n) is 5.05. The van der Waals surface area contributed by atoms with Crippen molar-refractivity contribution in [2.24, 2.45) is 4.40 Å². The van der Waals surface area contributed by atoms with Gasteiger partial charge in [0.05, 0.1) is 17.2 Å². The summed E-state index contributed by atoms with van der Waals surface area (Å²) >= 11 is 11.0. The molecule has 1 unspecified atom stereocenters. The Morgan fingerprint density at radius 2 is 1.65 bits per heavy atom. The first-order valence-electron chi connectivity index (χ1n) is 10.8. The molecule has 6 nitrogen and oxygen atoms in total. The molecule has 0 saturated heterocycles. The zero-order valence-electron chi connectivity index (χ0n) is 20.5. The van der Waals surface area contributed by atoms with Crippen LogP contribution < -0.4 is 4.74 Å². The van der Waals surface area contributed by atoms with Crippen LogP contribution >= 0.6 is 23.2 Å². The van der Waals surface area contributed by atoms with E-state index in [1.165, 1.54) is 7.11 Å². The van der Waals surface area contributed by atoms with Gasteiger partial charge in [0.15, 0.2) is 0 Å². The lowest BCUT2D eigenvalue weighted by molar-refractivity contribution is 0.0242. The van der Waals surface area contributed by atoms with Crippen LogP contribution in [0.25, 0.3) is 0 Å². The number of nitrogens with zero attached hydrogens (tertiary/aromatic N) is 2. The number of carbonyl (C=O) groups is 1. The van der Waals surface area contributed by atoms with Crippen LogP contribution in [-0.2, 0) is 29.2 Å². The number of halogens is 2. The lowest BCUT2D eigenvalue weighted by Crippen LogP contribution is -2.33. The predicted octanol–water partition coefficient (Wildman–Crippen LogP) is 6.55. The van der Waals surface area contributed by atoms with Gasteiger partial charge in [0.1, 0.15) is 33.2 Å². The van der Waals surface area contributed by atoms with Gasteiger partial charge < -0.3 is 14.0 Å². The number of carbonyl (C=O) groups excluding carboxylic acids is 1. The van der Waals surface area contributed by atoms with Crippen molar-refractivity contribution in [2.75, 3.05) is 7.11 Å². The largest absolute Gasteiger partial charge is 0.591 e. The monoisotopic (exact) mass is 524 g/mol. The van der Waals surface area contributed by atoms with E-state index in [0.29, 0.717) is 40.2 Å². The summed E-state index contributed by atoms with van der Waals surface area (Å²) < 4.78 is 28.1. The highest BCUT2D eigenvalue weighted by Gasteiger charge is 2.31. The molecule has 0 aromatic heterocycles. The Balaban J connectivity index is 2.06. The SMILES string of the molecule is COc1cc(Cl)c(Cl)cc1C(=N[S+]([O-])C(C)(C)C)c1ccc2c(c1)CN(C(=O)OC(C)(C)C)C2. The summed E-state index contributed by atoms with van der Waals surface area (Å²) in [5, 5.41) is 0.685. The zero-order chi connectivity index (χ0) is 25.4. The van der Waals surface area contributed by atoms with Crippen LogP contribution in [0.5, 0.6) is 5.75 Å². The Hall–Kier alpha value is -1.93. The highest BCUT2D eigenvalue weighted by atomic mass is 35.5. The van der Waals surface area contributed by atoms with E-state index in [4.69, 9.17) is 32.7 Å². The fraction of sp³-hybridized carbons (Fsp3) is 0.440. The number of amides is 1. The first-order chi connectivity index (χ1) is 15.7. The molecule has 0 spiro atoms. The van der Waals surface area contributed by atoms with E-state index in [9.17, 15) is 9.35 Å². The maximum absolute atomic E-state index is 13.0. The van der Waals surface area contributed by atoms with E-state index in [-0.39, 0.29) is 6.09 Å². The van der Waals surface area contributed by atoms with Crippen molar-refractivity contribution >= 4 is 46.4 Å². The Bertz CT molecular complexity index is 1120. The molecular weight excluding hydrogens is 495 g/mol. The summed E-state index contributed by atoms with van der Waals surface area (Å²) in [4.78, 5) is 14.2. The molecule has 0 N–H and O–H groups in total. The summed E-state index contributed by atoms with van der Waals surface area (Å²) in [5.74, 6) is 0.468. The van der Waals surface area contributed by atoms with E-state index >= 15 is 0 Å². The number of hydrogen-bond donors (Lipinski definition) is 0. The van der Waals surface area contributed by atoms with Crippen molar-refractivity contribution < 1.29 is 18.8 Å². The van der Waals surface area contributed by atoms with Crippen LogP contribution in [0.1, 0.15) is 63.8 Å². The molecule has 0 aliphatic carbocycles. The van der Waals surface area contributed by atoms with Gasteiger partial charge in [-0.05, 0) is 64.8 Å². The minimum absolute atomic E-state index is 0.337. The van der Waals surface area contributed by atoms with Gasteiger partial charge in [0.2, 0.25) is 0 Å². The Kier molecular flexibility index (Phi) is 7.82. The summed E-state index contributed by atoms with van der Waals surface area (Å²) in [6, 6.07) is 9.10. The summed E-state index contributed by atoms with van der Waals surface area (Å²) in [6.45, 7) is 12.0. The van der Waals surface area contributed by atoms with Gasteiger partial charge in [-0.25, -0.2) is 4.79 Å². The van der Waals surface area contributed by atoms with Gasteiger partial charge in [-0.2, -0.15) is 0 Å². The molecule has 34 heavy (non-hydrogen) atoms. The fourth-order valence-electron chi connectivity index (χ4n) is 3.36. The molecular formula is C25H30Cl2N2O4S. The van der Waals surface area contributed by atoms with Gasteiger partial charge in [-0.15, -0.1) is 0 Å². The van der Waals surface area contributed by atoms with Crippen molar-refractivity contribution in [1.82, 2.24) is 4.90 Å². The molecule has 1 atom stereocenters. The molecule has 184 valence electrons. The molecule has 1 heterocycles. The highest BCUT2D eigenvalue weighted by Crippen LogP contribution is 2.34. The van der Waals surface area contributed by atoms with Crippen LogP contribution in [0, 0.1) is 0 Å². The van der Waals surface area contributed by atoms with Crippen LogP contribution in [0.2, 0.25) is 10.0 Å². The van der Waals surface area contributed by atoms with Crippen molar-refractivity contribution in [1.29, 1.82) is 0 Å². The molecule has 2 aromatic carbocycles. The minimum Gasteiger partial charge on any atom is -0.591 e. The smallest absolute Gasteiger partial charge is 0.410 e. The van der Waals surface area contributed by atoms with Gasteiger partial charge in [-0.1, -0.05) is 39.7 Å². The van der Waals surface area contributed by atoms with Crippen molar-refractivity contribution in [3.8, 4) is 5.75 Å². The third kappa shape index (κ3) is 6.19. The zero-order valence-corrected chi connectivity index (χ0v) is 22.8. The van der Waals surface area contributed by atoms with Gasteiger partial charge in [0.25, 0.3) is 0 Å². The molecule has 0 radical (unpaired) electrons. The Morgan fingerprint density at radius 1 is 1.03 bits per heavy atom. The summed E-state index contributed by atoms with van der Waals surface area (Å²) in [5.41, 5.74) is 3.21. The fourth-order valence-corrected chi connectivity index (χ4v) is 4.32. The number of fused-ring (bicyclic) bond motifs is 1. The summed E-state index contributed by atoms with van der Waals surface area (Å²) in [6.07, 6.45) is -0.362. The number of hydrogen-bond acceptors (Lipinski definition) is 5. The molecule has 1 aliphatic rings. The van der Waals surface area contributed by atoms with Crippen molar-refractivity contribution in [3.63, 3.8) is 0 Å². The lowest BCUT2D eigenvalue weighted by atomic mass is 9.98. The normalized spacial score (nSPS) is 15.2. The molecule has 1 amide bonds. The van der Waals surface area contributed by atoms with Gasteiger partial charge in [0, 0.05) is 30.3 Å². The van der Waals surface area contributed by atoms with Crippen LogP contribution in [-0.4, -0.2) is 38.7 Å². The average molecular weight is 525 g/mol. The number of rotatable bonds is 4. The maximum Gasteiger partial charge on any atom is 0.410 e. The topological polar surface area (TPSA) is 74.2 Å². The standard InChI is InChI=1S/C25H30Cl2N2O4S/c1-24(2,3)33-23(30)29-13-16-9-8-15(10-17(16)14-29)22(28-34(31)25(4,5)6)18-11-19(26)20(27)12-21(18)32-7/h8-12H,13-14H2,1-7H3. The minimum atomic E-state index is -1.54. The van der Waals surface area contributed by atoms with Gasteiger partial charge in [-0.3, -0.25) is 4.90 Å². The highest BCUT2D eigenvalue weighted by molar-refractivity contribution is 7.91. The van der Waals surface area contributed by atoms with Crippen LogP contribution in [0.3, 0.4) is 0 Å². The number of ether oxygens (including phenoxy) is 2. The molecule has 0 fully saturated rings. The van der Waals surface area contributed by atoms with E-state index < -0.39 is 21.7 Å². The lowest BCUT2D eigenvalue weighted by Gasteiger charge is -2.24. The predicted molar refractivity (Wildman–Crippen MR) is 138 cm³/mol. The van der Waals surface area contributed by atoms with E-state index in [0.717, 1.165) is 16.7 Å². The number of benzene rings is 2. The van der Waals surface area contributed by atoms with Crippen molar-refractivity contribution in [3.05, 3.63) is 62.6 Å². The first-order valence-corrected chi connectivity index (χ1v) is 12.7. The average Bonchev–Trinajstić information content (AvgIpc) is 3.15. The third-order valence-corrected chi connectivity index (χ3v) is 7.17. The maximum atomic E-state index is 13.0. The second-order valence-corrected chi connectivity index (χ2v) is 12.8. The molecule has 0 bridgehead atoms. The second-order valence-electron chi connectivity index (χ2n) is 10.1. The van der Waals surface area contributed by atoms with Crippen molar-refractivity contribution in [2.45, 2.75) is 65.0 Å². The van der Waals surface area contributed by atoms with Crippen LogP contribution in [0.15, 0.2) is 34.7 Å². The van der Waals surface area contributed by atoms with Crippen LogP contribution in [0.4, 0.5) is 4.79 Å². The Labute approximate surface area is 214 Å². The quantitative estimate of drug-likeness (QED) is 0.335. The molecule has 0 saturated carbocycles. The number of methoxy groups -OCH3 is 1. The first kappa shape index (κ1) is 26.7. The van der Waals surface area contributed by atoms with E-state index in [1.54, 1.807) is 17.0 Å².